The minimum atomic E-state index is -4.49. The molecule has 0 aliphatic heterocycles. The molecule has 20 heavy (non-hydrogen) atoms. The minimum absolute atomic E-state index is 0.0453. The number of hydrogen-bond acceptors (Lipinski definition) is 2. The van der Waals surface area contributed by atoms with Crippen LogP contribution in [0.15, 0.2) is 24.3 Å². The van der Waals surface area contributed by atoms with Gasteiger partial charge in [-0.25, -0.2) is 0 Å². The monoisotopic (exact) mass is 287 g/mol. The Morgan fingerprint density at radius 3 is 2.65 bits per heavy atom. The normalized spacial score (nSPS) is 16.6. The molecule has 0 spiro atoms. The predicted molar refractivity (Wildman–Crippen MR) is 67.3 cm³/mol. The number of para-hydroxylation sites is 1. The Balaban J connectivity index is 1.91. The quantitative estimate of drug-likeness (QED) is 0.904. The van der Waals surface area contributed by atoms with Gasteiger partial charge in [0.1, 0.15) is 5.75 Å². The molecule has 110 valence electrons. The van der Waals surface area contributed by atoms with Gasteiger partial charge in [0.05, 0.1) is 5.56 Å². The summed E-state index contributed by atoms with van der Waals surface area (Å²) in [5, 5.41) is 2.73. The number of amides is 1. The number of carbonyl (C=O) groups is 1. The second-order valence-corrected chi connectivity index (χ2v) is 4.98. The number of ether oxygens (including phenoxy) is 1. The summed E-state index contributed by atoms with van der Waals surface area (Å²) in [6.07, 6.45) is -2.33. The molecule has 2 rings (SSSR count). The largest absolute Gasteiger partial charge is 0.483 e. The van der Waals surface area contributed by atoms with Gasteiger partial charge in [-0.15, -0.1) is 0 Å². The average Bonchev–Trinajstić information content (AvgIpc) is 3.19. The molecule has 6 heteroatoms. The second-order valence-electron chi connectivity index (χ2n) is 4.98. The van der Waals surface area contributed by atoms with Crippen LogP contribution in [0.2, 0.25) is 0 Å². The van der Waals surface area contributed by atoms with E-state index in [-0.39, 0.29) is 11.8 Å². The van der Waals surface area contributed by atoms with Gasteiger partial charge in [0, 0.05) is 6.04 Å². The smallest absolute Gasteiger partial charge is 0.419 e. The number of rotatable bonds is 5. The number of alkyl halides is 3. The van der Waals surface area contributed by atoms with Crippen LogP contribution in [-0.4, -0.2) is 18.6 Å². The van der Waals surface area contributed by atoms with Gasteiger partial charge in [0.15, 0.2) is 6.61 Å². The molecule has 1 unspecified atom stereocenters. The highest BCUT2D eigenvalue weighted by molar-refractivity contribution is 5.77. The molecule has 1 fully saturated rings. The molecule has 0 heterocycles. The third kappa shape index (κ3) is 3.88. The molecule has 0 radical (unpaired) electrons. The number of halogens is 3. The van der Waals surface area contributed by atoms with E-state index in [2.05, 4.69) is 5.32 Å². The number of carbonyl (C=O) groups excluding carboxylic acids is 1. The van der Waals surface area contributed by atoms with Crippen molar-refractivity contribution in [2.24, 2.45) is 5.92 Å². The van der Waals surface area contributed by atoms with Gasteiger partial charge in [0.25, 0.3) is 5.91 Å². The van der Waals surface area contributed by atoms with Crippen LogP contribution in [0.1, 0.15) is 25.3 Å². The van der Waals surface area contributed by atoms with Crippen LogP contribution in [0, 0.1) is 5.92 Å². The van der Waals surface area contributed by atoms with Crippen LogP contribution in [0.4, 0.5) is 13.2 Å². The number of benzene rings is 1. The summed E-state index contributed by atoms with van der Waals surface area (Å²) >= 11 is 0. The Morgan fingerprint density at radius 2 is 2.05 bits per heavy atom. The van der Waals surface area contributed by atoms with E-state index in [9.17, 15) is 18.0 Å². The zero-order chi connectivity index (χ0) is 14.8. The summed E-state index contributed by atoms with van der Waals surface area (Å²) in [6.45, 7) is 1.48. The molecule has 1 aliphatic rings. The van der Waals surface area contributed by atoms with E-state index in [1.807, 2.05) is 6.92 Å². The third-order valence-electron chi connectivity index (χ3n) is 3.27. The van der Waals surface area contributed by atoms with Crippen molar-refractivity contribution >= 4 is 5.91 Å². The summed E-state index contributed by atoms with van der Waals surface area (Å²) in [7, 11) is 0. The van der Waals surface area contributed by atoms with Gasteiger partial charge < -0.3 is 10.1 Å². The van der Waals surface area contributed by atoms with Gasteiger partial charge in [-0.1, -0.05) is 12.1 Å². The van der Waals surface area contributed by atoms with E-state index in [1.54, 1.807) is 0 Å². The highest BCUT2D eigenvalue weighted by atomic mass is 19.4. The average molecular weight is 287 g/mol. The minimum Gasteiger partial charge on any atom is -0.483 e. The Bertz CT molecular complexity index is 484. The van der Waals surface area contributed by atoms with E-state index >= 15 is 0 Å². The molecule has 1 N–H and O–H groups in total. The van der Waals surface area contributed by atoms with Gasteiger partial charge in [-0.05, 0) is 37.8 Å². The zero-order valence-corrected chi connectivity index (χ0v) is 11.0. The topological polar surface area (TPSA) is 38.3 Å². The van der Waals surface area contributed by atoms with Crippen LogP contribution in [0.25, 0.3) is 0 Å². The Morgan fingerprint density at radius 1 is 1.40 bits per heavy atom. The van der Waals surface area contributed by atoms with Crippen LogP contribution in [0.3, 0.4) is 0 Å². The lowest BCUT2D eigenvalue weighted by Gasteiger charge is -2.15. The van der Waals surface area contributed by atoms with Crippen molar-refractivity contribution in [3.8, 4) is 5.75 Å². The summed E-state index contributed by atoms with van der Waals surface area (Å²) < 4.78 is 43.1. The molecular weight excluding hydrogens is 271 g/mol. The van der Waals surface area contributed by atoms with Crippen molar-refractivity contribution in [3.05, 3.63) is 29.8 Å². The summed E-state index contributed by atoms with van der Waals surface area (Å²) in [5.74, 6) is -0.239. The van der Waals surface area contributed by atoms with E-state index in [1.165, 1.54) is 18.2 Å². The molecule has 1 aromatic carbocycles. The van der Waals surface area contributed by atoms with Gasteiger partial charge >= 0.3 is 6.18 Å². The first kappa shape index (κ1) is 14.7. The van der Waals surface area contributed by atoms with Crippen LogP contribution < -0.4 is 10.1 Å². The molecule has 0 saturated heterocycles. The number of hydrogen-bond donors (Lipinski definition) is 1. The Kier molecular flexibility index (Phi) is 4.20. The van der Waals surface area contributed by atoms with E-state index in [4.69, 9.17) is 4.74 Å². The van der Waals surface area contributed by atoms with E-state index < -0.39 is 24.3 Å². The first-order valence-electron chi connectivity index (χ1n) is 6.46. The van der Waals surface area contributed by atoms with Gasteiger partial charge in [-0.3, -0.25) is 4.79 Å². The van der Waals surface area contributed by atoms with E-state index in [0.29, 0.717) is 5.92 Å². The molecule has 0 aromatic heterocycles. The maximum absolute atomic E-state index is 12.7. The van der Waals surface area contributed by atoms with Crippen molar-refractivity contribution < 1.29 is 22.7 Å². The molecule has 1 amide bonds. The molecule has 1 saturated carbocycles. The number of nitrogens with one attached hydrogen (secondary N) is 1. The van der Waals surface area contributed by atoms with Crippen molar-refractivity contribution in [1.29, 1.82) is 0 Å². The van der Waals surface area contributed by atoms with Crippen LogP contribution in [-0.2, 0) is 11.0 Å². The lowest BCUT2D eigenvalue weighted by Crippen LogP contribution is -2.37. The highest BCUT2D eigenvalue weighted by Crippen LogP contribution is 2.36. The van der Waals surface area contributed by atoms with Gasteiger partial charge in [-0.2, -0.15) is 13.2 Å². The van der Waals surface area contributed by atoms with Crippen LogP contribution >= 0.6 is 0 Å². The first-order chi connectivity index (χ1) is 9.38. The molecule has 1 atom stereocenters. The van der Waals surface area contributed by atoms with Crippen molar-refractivity contribution in [3.63, 3.8) is 0 Å². The van der Waals surface area contributed by atoms with Gasteiger partial charge in [0.2, 0.25) is 0 Å². The fraction of sp³-hybridized carbons (Fsp3) is 0.500. The lowest BCUT2D eigenvalue weighted by molar-refractivity contribution is -0.139. The standard InChI is InChI=1S/C14H16F3NO2/c1-9(10-6-7-10)18-13(19)8-20-12-5-3-2-4-11(12)14(15,16)17/h2-5,9-10H,6-8H2,1H3,(H,18,19). The summed E-state index contributed by atoms with van der Waals surface area (Å²) in [4.78, 5) is 11.6. The fourth-order valence-corrected chi connectivity index (χ4v) is 1.98. The van der Waals surface area contributed by atoms with Crippen molar-refractivity contribution in [2.75, 3.05) is 6.61 Å². The Hall–Kier alpha value is -1.72. The second kappa shape index (κ2) is 5.73. The fourth-order valence-electron chi connectivity index (χ4n) is 1.98. The lowest BCUT2D eigenvalue weighted by atomic mass is 10.2. The van der Waals surface area contributed by atoms with E-state index in [0.717, 1.165) is 18.9 Å². The first-order valence-corrected chi connectivity index (χ1v) is 6.46. The molecule has 3 nitrogen and oxygen atoms in total. The maximum atomic E-state index is 12.7. The summed E-state index contributed by atoms with van der Waals surface area (Å²) in [5.41, 5.74) is -0.872. The van der Waals surface area contributed by atoms with Crippen LogP contribution in [0.5, 0.6) is 5.75 Å². The SMILES string of the molecule is CC(NC(=O)COc1ccccc1C(F)(F)F)C1CC1. The zero-order valence-electron chi connectivity index (χ0n) is 11.0. The highest BCUT2D eigenvalue weighted by Gasteiger charge is 2.34. The molecule has 1 aromatic rings. The van der Waals surface area contributed by atoms with Crippen molar-refractivity contribution in [2.45, 2.75) is 32.0 Å². The molecule has 0 bridgehead atoms. The molecular formula is C14H16F3NO2. The third-order valence-corrected chi connectivity index (χ3v) is 3.27. The Labute approximate surface area is 115 Å². The van der Waals surface area contributed by atoms with Crippen molar-refractivity contribution in [1.82, 2.24) is 5.32 Å². The molecule has 1 aliphatic carbocycles. The summed E-state index contributed by atoms with van der Waals surface area (Å²) in [6, 6.07) is 4.91. The predicted octanol–water partition coefficient (Wildman–Crippen LogP) is 3.00. The maximum Gasteiger partial charge on any atom is 0.419 e.